The molecule has 0 spiro atoms. The maximum absolute atomic E-state index is 13.3. The van der Waals surface area contributed by atoms with Gasteiger partial charge in [-0.3, -0.25) is 4.79 Å². The van der Waals surface area contributed by atoms with Crippen LogP contribution in [-0.4, -0.2) is 12.5 Å². The molecule has 0 saturated heterocycles. The van der Waals surface area contributed by atoms with Crippen molar-refractivity contribution in [3.63, 3.8) is 0 Å². The molecule has 2 rings (SSSR count). The van der Waals surface area contributed by atoms with E-state index in [1.54, 1.807) is 24.3 Å². The zero-order valence-electron chi connectivity index (χ0n) is 9.90. The summed E-state index contributed by atoms with van der Waals surface area (Å²) < 4.78 is 31.2. The number of nitrogens with one attached hydrogen (secondary N) is 1. The van der Waals surface area contributed by atoms with Gasteiger partial charge >= 0.3 is 0 Å². The lowest BCUT2D eigenvalue weighted by Crippen LogP contribution is -2.20. The lowest BCUT2D eigenvalue weighted by molar-refractivity contribution is -0.118. The summed E-state index contributed by atoms with van der Waals surface area (Å²) >= 11 is 0. The van der Waals surface area contributed by atoms with Crippen LogP contribution in [0.15, 0.2) is 48.5 Å². The van der Waals surface area contributed by atoms with Crippen LogP contribution in [0.25, 0.3) is 0 Å². The van der Waals surface area contributed by atoms with E-state index in [2.05, 4.69) is 5.32 Å². The summed E-state index contributed by atoms with van der Waals surface area (Å²) in [6, 6.07) is 11.7. The third-order valence-corrected chi connectivity index (χ3v) is 2.32. The van der Waals surface area contributed by atoms with Crippen molar-refractivity contribution >= 4 is 11.6 Å². The van der Waals surface area contributed by atoms with Crippen LogP contribution >= 0.6 is 0 Å². The van der Waals surface area contributed by atoms with Crippen molar-refractivity contribution in [2.45, 2.75) is 0 Å². The highest BCUT2D eigenvalue weighted by molar-refractivity contribution is 5.91. The van der Waals surface area contributed by atoms with Crippen LogP contribution < -0.4 is 10.1 Å². The van der Waals surface area contributed by atoms with Crippen LogP contribution in [0, 0.1) is 11.6 Å². The molecule has 98 valence electrons. The lowest BCUT2D eigenvalue weighted by atomic mass is 10.3. The molecule has 1 N–H and O–H groups in total. The van der Waals surface area contributed by atoms with Crippen LogP contribution in [0.5, 0.6) is 5.75 Å². The van der Waals surface area contributed by atoms with Gasteiger partial charge in [0.2, 0.25) is 0 Å². The number of benzene rings is 2. The van der Waals surface area contributed by atoms with Gasteiger partial charge in [-0.15, -0.1) is 0 Å². The van der Waals surface area contributed by atoms with E-state index in [1.165, 1.54) is 0 Å². The third-order valence-electron chi connectivity index (χ3n) is 2.32. The molecule has 1 amide bonds. The van der Waals surface area contributed by atoms with Gasteiger partial charge in [-0.1, -0.05) is 18.2 Å². The third kappa shape index (κ3) is 3.77. The number of hydrogen-bond acceptors (Lipinski definition) is 2. The van der Waals surface area contributed by atoms with E-state index in [0.717, 1.165) is 12.1 Å². The molecule has 0 saturated carbocycles. The van der Waals surface area contributed by atoms with Crippen LogP contribution in [0.1, 0.15) is 0 Å². The Morgan fingerprint density at radius 3 is 2.53 bits per heavy atom. The minimum atomic E-state index is -0.826. The number of para-hydroxylation sites is 1. The molecule has 0 atom stereocenters. The van der Waals surface area contributed by atoms with Crippen molar-refractivity contribution in [2.24, 2.45) is 0 Å². The predicted molar refractivity (Wildman–Crippen MR) is 66.9 cm³/mol. The summed E-state index contributed by atoms with van der Waals surface area (Å²) in [6.07, 6.45) is 0. The van der Waals surface area contributed by atoms with E-state index in [9.17, 15) is 13.6 Å². The maximum Gasteiger partial charge on any atom is 0.262 e. The summed E-state index contributed by atoms with van der Waals surface area (Å²) in [6.45, 7) is -0.249. The molecule has 0 aliphatic heterocycles. The normalized spacial score (nSPS) is 10.0. The standard InChI is InChI=1S/C14H11F2NO2/c15-10-6-7-13(12(16)8-10)17-14(18)9-19-11-4-2-1-3-5-11/h1-8H,9H2,(H,17,18). The van der Waals surface area contributed by atoms with Gasteiger partial charge in [0.1, 0.15) is 17.4 Å². The summed E-state index contributed by atoms with van der Waals surface area (Å²) in [7, 11) is 0. The number of ether oxygens (including phenoxy) is 1. The number of rotatable bonds is 4. The second-order valence-corrected chi connectivity index (χ2v) is 3.77. The molecule has 0 aliphatic rings. The summed E-state index contributed by atoms with van der Waals surface area (Å²) in [4.78, 5) is 11.5. The molecule has 19 heavy (non-hydrogen) atoms. The first-order valence-electron chi connectivity index (χ1n) is 5.58. The number of amides is 1. The van der Waals surface area contributed by atoms with Crippen LogP contribution in [0.4, 0.5) is 14.5 Å². The minimum absolute atomic E-state index is 0.0805. The molecule has 0 radical (unpaired) electrons. The Labute approximate surface area is 108 Å². The highest BCUT2D eigenvalue weighted by Crippen LogP contribution is 2.15. The Balaban J connectivity index is 1.91. The highest BCUT2D eigenvalue weighted by atomic mass is 19.1. The lowest BCUT2D eigenvalue weighted by Gasteiger charge is -2.08. The first-order chi connectivity index (χ1) is 9.15. The fraction of sp³-hybridized carbons (Fsp3) is 0.0714. The highest BCUT2D eigenvalue weighted by Gasteiger charge is 2.08. The molecule has 0 heterocycles. The number of hydrogen-bond donors (Lipinski definition) is 1. The largest absolute Gasteiger partial charge is 0.484 e. The molecular formula is C14H11F2NO2. The second-order valence-electron chi connectivity index (χ2n) is 3.77. The van der Waals surface area contributed by atoms with Gasteiger partial charge < -0.3 is 10.1 Å². The fourth-order valence-corrected chi connectivity index (χ4v) is 1.44. The Morgan fingerprint density at radius 1 is 1.11 bits per heavy atom. The number of anilines is 1. The van der Waals surface area contributed by atoms with Crippen molar-refractivity contribution in [1.82, 2.24) is 0 Å². The van der Waals surface area contributed by atoms with Crippen molar-refractivity contribution in [2.75, 3.05) is 11.9 Å². The average Bonchev–Trinajstić information content (AvgIpc) is 2.41. The quantitative estimate of drug-likeness (QED) is 0.920. The minimum Gasteiger partial charge on any atom is -0.484 e. The van der Waals surface area contributed by atoms with Crippen LogP contribution in [-0.2, 0) is 4.79 Å². The zero-order valence-corrected chi connectivity index (χ0v) is 9.90. The van der Waals surface area contributed by atoms with Crippen molar-refractivity contribution in [3.8, 4) is 5.75 Å². The van der Waals surface area contributed by atoms with Gasteiger partial charge in [-0.2, -0.15) is 0 Å². The monoisotopic (exact) mass is 263 g/mol. The average molecular weight is 263 g/mol. The van der Waals surface area contributed by atoms with E-state index in [4.69, 9.17) is 4.74 Å². The van der Waals surface area contributed by atoms with Gasteiger partial charge in [0.25, 0.3) is 5.91 Å². The second kappa shape index (κ2) is 5.95. The molecule has 0 aromatic heterocycles. The number of carbonyl (C=O) groups is 1. The van der Waals surface area contributed by atoms with Crippen LogP contribution in [0.2, 0.25) is 0 Å². The molecule has 0 fully saturated rings. The van der Waals surface area contributed by atoms with Crippen LogP contribution in [0.3, 0.4) is 0 Å². The Bertz CT molecular complexity index is 573. The van der Waals surface area contributed by atoms with E-state index in [1.807, 2.05) is 6.07 Å². The van der Waals surface area contributed by atoms with E-state index in [-0.39, 0.29) is 12.3 Å². The number of carbonyl (C=O) groups excluding carboxylic acids is 1. The molecule has 2 aromatic carbocycles. The Hall–Kier alpha value is -2.43. The molecule has 0 unspecified atom stereocenters. The molecule has 3 nitrogen and oxygen atoms in total. The zero-order chi connectivity index (χ0) is 13.7. The molecule has 0 bridgehead atoms. The van der Waals surface area contributed by atoms with Crippen molar-refractivity contribution in [3.05, 3.63) is 60.2 Å². The molecule has 2 aromatic rings. The predicted octanol–water partition coefficient (Wildman–Crippen LogP) is 2.98. The van der Waals surface area contributed by atoms with Gasteiger partial charge in [0, 0.05) is 6.07 Å². The fourth-order valence-electron chi connectivity index (χ4n) is 1.44. The molecular weight excluding hydrogens is 252 g/mol. The summed E-state index contributed by atoms with van der Waals surface area (Å²) in [5.41, 5.74) is -0.0805. The smallest absolute Gasteiger partial charge is 0.262 e. The van der Waals surface area contributed by atoms with E-state index in [0.29, 0.717) is 11.8 Å². The summed E-state index contributed by atoms with van der Waals surface area (Å²) in [5.74, 6) is -1.50. The topological polar surface area (TPSA) is 38.3 Å². The Kier molecular flexibility index (Phi) is 4.07. The SMILES string of the molecule is O=C(COc1ccccc1)Nc1ccc(F)cc1F. The van der Waals surface area contributed by atoms with Gasteiger partial charge in [-0.05, 0) is 24.3 Å². The van der Waals surface area contributed by atoms with Gasteiger partial charge in [-0.25, -0.2) is 8.78 Å². The van der Waals surface area contributed by atoms with Gasteiger partial charge in [0.15, 0.2) is 6.61 Å². The molecule has 5 heteroatoms. The Morgan fingerprint density at radius 2 is 1.84 bits per heavy atom. The van der Waals surface area contributed by atoms with E-state index >= 15 is 0 Å². The van der Waals surface area contributed by atoms with E-state index < -0.39 is 17.5 Å². The first kappa shape index (κ1) is 13.0. The number of halogens is 2. The van der Waals surface area contributed by atoms with Gasteiger partial charge in [0.05, 0.1) is 5.69 Å². The first-order valence-corrected chi connectivity index (χ1v) is 5.58. The summed E-state index contributed by atoms with van der Waals surface area (Å²) in [5, 5.41) is 2.30. The van der Waals surface area contributed by atoms with Crippen molar-refractivity contribution < 1.29 is 18.3 Å². The molecule has 0 aliphatic carbocycles. The maximum atomic E-state index is 13.3. The van der Waals surface area contributed by atoms with Crippen molar-refractivity contribution in [1.29, 1.82) is 0 Å².